The topological polar surface area (TPSA) is 55.4 Å². The Morgan fingerprint density at radius 1 is 1.37 bits per heavy atom. The lowest BCUT2D eigenvalue weighted by Gasteiger charge is -2.19. The van der Waals surface area contributed by atoms with Gasteiger partial charge >= 0.3 is 0 Å². The van der Waals surface area contributed by atoms with Gasteiger partial charge in [0, 0.05) is 12.6 Å². The predicted octanol–water partition coefficient (Wildman–Crippen LogP) is 1.81. The van der Waals surface area contributed by atoms with E-state index in [1.807, 2.05) is 0 Å². The van der Waals surface area contributed by atoms with Gasteiger partial charge in [-0.15, -0.1) is 0 Å². The van der Waals surface area contributed by atoms with Gasteiger partial charge in [0.1, 0.15) is 0 Å². The van der Waals surface area contributed by atoms with Crippen LogP contribution in [0.4, 0.5) is 8.78 Å². The first kappa shape index (κ1) is 14.4. The summed E-state index contributed by atoms with van der Waals surface area (Å²) in [5.74, 6) is -2.27. The van der Waals surface area contributed by atoms with E-state index in [1.165, 1.54) is 0 Å². The van der Waals surface area contributed by atoms with Crippen LogP contribution in [-0.4, -0.2) is 27.2 Å². The second-order valence-electron chi connectivity index (χ2n) is 4.54. The maximum atomic E-state index is 13.1. The van der Waals surface area contributed by atoms with E-state index < -0.39 is 27.7 Å². The molecule has 1 aromatic carbocycles. The van der Waals surface area contributed by atoms with E-state index in [2.05, 4.69) is 4.72 Å². The summed E-state index contributed by atoms with van der Waals surface area (Å²) in [6.45, 7) is 2.30. The van der Waals surface area contributed by atoms with Gasteiger partial charge in [0.2, 0.25) is 10.0 Å². The third-order valence-electron chi connectivity index (χ3n) is 3.06. The van der Waals surface area contributed by atoms with E-state index in [0.717, 1.165) is 25.0 Å². The van der Waals surface area contributed by atoms with Crippen LogP contribution in [0.5, 0.6) is 0 Å². The van der Waals surface area contributed by atoms with Crippen LogP contribution in [0, 0.1) is 11.6 Å². The first-order valence-corrected chi connectivity index (χ1v) is 7.47. The van der Waals surface area contributed by atoms with Crippen LogP contribution in [0.1, 0.15) is 19.8 Å². The second kappa shape index (κ2) is 5.52. The van der Waals surface area contributed by atoms with Crippen molar-refractivity contribution in [1.29, 1.82) is 0 Å². The van der Waals surface area contributed by atoms with Crippen molar-refractivity contribution in [2.75, 3.05) is 6.61 Å². The maximum Gasteiger partial charge on any atom is 0.241 e. The van der Waals surface area contributed by atoms with Gasteiger partial charge in [0.25, 0.3) is 0 Å². The number of ether oxygens (including phenoxy) is 1. The van der Waals surface area contributed by atoms with E-state index in [4.69, 9.17) is 4.74 Å². The van der Waals surface area contributed by atoms with Gasteiger partial charge in [-0.25, -0.2) is 21.9 Å². The van der Waals surface area contributed by atoms with Gasteiger partial charge in [-0.05, 0) is 38.0 Å². The van der Waals surface area contributed by atoms with E-state index in [-0.39, 0.29) is 11.0 Å². The molecule has 2 rings (SSSR count). The molecule has 1 heterocycles. The van der Waals surface area contributed by atoms with Crippen LogP contribution >= 0.6 is 0 Å². The first-order valence-electron chi connectivity index (χ1n) is 5.99. The first-order chi connectivity index (χ1) is 8.90. The van der Waals surface area contributed by atoms with Crippen molar-refractivity contribution in [2.24, 2.45) is 0 Å². The zero-order valence-electron chi connectivity index (χ0n) is 10.4. The van der Waals surface area contributed by atoms with Gasteiger partial charge in [-0.3, -0.25) is 0 Å². The molecular weight excluding hydrogens is 276 g/mol. The molecule has 0 spiro atoms. The third kappa shape index (κ3) is 3.29. The van der Waals surface area contributed by atoms with E-state index >= 15 is 0 Å². The molecule has 0 amide bonds. The van der Waals surface area contributed by atoms with Crippen molar-refractivity contribution in [3.63, 3.8) is 0 Å². The molecule has 1 aliphatic heterocycles. The van der Waals surface area contributed by atoms with Crippen LogP contribution in [0.25, 0.3) is 0 Å². The van der Waals surface area contributed by atoms with Crippen LogP contribution in [0.2, 0.25) is 0 Å². The Morgan fingerprint density at radius 3 is 2.68 bits per heavy atom. The molecule has 2 atom stereocenters. The molecule has 0 saturated carbocycles. The number of hydrogen-bond acceptors (Lipinski definition) is 3. The smallest absolute Gasteiger partial charge is 0.241 e. The molecule has 1 saturated heterocycles. The average molecular weight is 291 g/mol. The Balaban J connectivity index is 2.15. The van der Waals surface area contributed by atoms with Gasteiger partial charge in [-0.1, -0.05) is 0 Å². The highest BCUT2D eigenvalue weighted by molar-refractivity contribution is 7.89. The summed E-state index contributed by atoms with van der Waals surface area (Å²) in [7, 11) is -3.87. The molecule has 19 heavy (non-hydrogen) atoms. The summed E-state index contributed by atoms with van der Waals surface area (Å²) in [5, 5.41) is 0. The van der Waals surface area contributed by atoms with Crippen molar-refractivity contribution in [3.8, 4) is 0 Å². The zero-order valence-corrected chi connectivity index (χ0v) is 11.2. The highest BCUT2D eigenvalue weighted by atomic mass is 32.2. The fraction of sp³-hybridized carbons (Fsp3) is 0.500. The van der Waals surface area contributed by atoms with Crippen molar-refractivity contribution < 1.29 is 21.9 Å². The average Bonchev–Trinajstić information content (AvgIpc) is 2.85. The minimum Gasteiger partial charge on any atom is -0.377 e. The van der Waals surface area contributed by atoms with Crippen LogP contribution in [0.15, 0.2) is 23.1 Å². The Bertz CT molecular complexity index is 556. The maximum absolute atomic E-state index is 13.1. The summed E-state index contributed by atoms with van der Waals surface area (Å²) in [6.07, 6.45) is 1.49. The predicted molar refractivity (Wildman–Crippen MR) is 65.1 cm³/mol. The molecule has 1 N–H and O–H groups in total. The number of benzene rings is 1. The SMILES string of the molecule is C[C@@H](NS(=O)(=O)c1ccc(F)c(F)c1)[C@@H]1CCCO1. The minimum absolute atomic E-state index is 0.180. The lowest BCUT2D eigenvalue weighted by molar-refractivity contribution is 0.0902. The Kier molecular flexibility index (Phi) is 4.17. The molecule has 7 heteroatoms. The van der Waals surface area contributed by atoms with Gasteiger partial charge in [-0.2, -0.15) is 0 Å². The summed E-state index contributed by atoms with van der Waals surface area (Å²) in [4.78, 5) is -0.295. The molecule has 0 aromatic heterocycles. The quantitative estimate of drug-likeness (QED) is 0.920. The summed E-state index contributed by atoms with van der Waals surface area (Å²) < 4.78 is 57.7. The van der Waals surface area contributed by atoms with Crippen molar-refractivity contribution in [3.05, 3.63) is 29.8 Å². The molecular formula is C12H15F2NO3S. The van der Waals surface area contributed by atoms with E-state index in [1.54, 1.807) is 6.92 Å². The molecule has 0 bridgehead atoms. The van der Waals surface area contributed by atoms with Crippen LogP contribution in [0.3, 0.4) is 0 Å². The highest BCUT2D eigenvalue weighted by Crippen LogP contribution is 2.18. The molecule has 106 valence electrons. The lowest BCUT2D eigenvalue weighted by atomic mass is 10.1. The van der Waals surface area contributed by atoms with Crippen molar-refractivity contribution >= 4 is 10.0 Å². The Labute approximate surface area is 110 Å². The lowest BCUT2D eigenvalue weighted by Crippen LogP contribution is -2.40. The van der Waals surface area contributed by atoms with Crippen LogP contribution in [-0.2, 0) is 14.8 Å². The van der Waals surface area contributed by atoms with Gasteiger partial charge in [0.15, 0.2) is 11.6 Å². The molecule has 0 unspecified atom stereocenters. The molecule has 0 radical (unpaired) electrons. The van der Waals surface area contributed by atoms with Crippen molar-refractivity contribution in [2.45, 2.75) is 36.8 Å². The Morgan fingerprint density at radius 2 is 2.11 bits per heavy atom. The molecule has 1 aromatic rings. The minimum atomic E-state index is -3.87. The van der Waals surface area contributed by atoms with E-state index in [0.29, 0.717) is 12.7 Å². The van der Waals surface area contributed by atoms with Crippen LogP contribution < -0.4 is 4.72 Å². The third-order valence-corrected chi connectivity index (χ3v) is 4.62. The van der Waals surface area contributed by atoms with Gasteiger partial charge in [0.05, 0.1) is 11.0 Å². The van der Waals surface area contributed by atoms with Crippen molar-refractivity contribution in [1.82, 2.24) is 4.72 Å². The van der Waals surface area contributed by atoms with Gasteiger partial charge < -0.3 is 4.74 Å². The Hall–Kier alpha value is -1.05. The number of halogens is 2. The molecule has 4 nitrogen and oxygen atoms in total. The largest absolute Gasteiger partial charge is 0.377 e. The van der Waals surface area contributed by atoms with E-state index in [9.17, 15) is 17.2 Å². The second-order valence-corrected chi connectivity index (χ2v) is 6.25. The fourth-order valence-electron chi connectivity index (χ4n) is 2.03. The summed E-state index contributed by atoms with van der Waals surface area (Å²) in [5.41, 5.74) is 0. The molecule has 0 aliphatic carbocycles. The molecule has 1 fully saturated rings. The number of rotatable bonds is 4. The summed E-state index contributed by atoms with van der Waals surface area (Å²) >= 11 is 0. The number of hydrogen-bond donors (Lipinski definition) is 1. The zero-order chi connectivity index (χ0) is 14.0. The normalized spacial score (nSPS) is 21.5. The summed E-state index contributed by atoms with van der Waals surface area (Å²) in [6, 6.07) is 2.07. The molecule has 1 aliphatic rings. The number of sulfonamides is 1. The fourth-order valence-corrected chi connectivity index (χ4v) is 3.31. The highest BCUT2D eigenvalue weighted by Gasteiger charge is 2.27. The standard InChI is InChI=1S/C12H15F2NO3S/c1-8(12-3-2-6-18-12)15-19(16,17)9-4-5-10(13)11(14)7-9/h4-5,7-8,12,15H,2-3,6H2,1H3/t8-,12+/m1/s1. The number of nitrogens with one attached hydrogen (secondary N) is 1. The monoisotopic (exact) mass is 291 g/mol.